The van der Waals surface area contributed by atoms with Crippen molar-refractivity contribution in [3.63, 3.8) is 0 Å². The first-order valence-electron chi connectivity index (χ1n) is 8.60. The van der Waals surface area contributed by atoms with Crippen molar-refractivity contribution in [3.8, 4) is 11.6 Å². The average Bonchev–Trinajstić information content (AvgIpc) is 3.16. The molecule has 0 aliphatic carbocycles. The van der Waals surface area contributed by atoms with E-state index in [0.717, 1.165) is 31.5 Å². The first kappa shape index (κ1) is 16.8. The molecule has 3 heterocycles. The van der Waals surface area contributed by atoms with Gasteiger partial charge in [0.15, 0.2) is 11.6 Å². The third-order valence-corrected chi connectivity index (χ3v) is 4.57. The van der Waals surface area contributed by atoms with E-state index in [-0.39, 0.29) is 5.92 Å². The van der Waals surface area contributed by atoms with Crippen LogP contribution in [0.25, 0.3) is 11.6 Å². The van der Waals surface area contributed by atoms with Gasteiger partial charge in [0, 0.05) is 19.3 Å². The highest BCUT2D eigenvalue weighted by atomic mass is 19.2. The summed E-state index contributed by atoms with van der Waals surface area (Å²) in [4.78, 5) is 6.42. The predicted molar refractivity (Wildman–Crippen MR) is 91.1 cm³/mol. The van der Waals surface area contributed by atoms with Gasteiger partial charge in [0.2, 0.25) is 5.89 Å². The van der Waals surface area contributed by atoms with Crippen molar-refractivity contribution in [2.45, 2.75) is 25.3 Å². The van der Waals surface area contributed by atoms with E-state index in [1.54, 1.807) is 12.3 Å². The van der Waals surface area contributed by atoms with Crippen LogP contribution in [0.15, 0.2) is 47.0 Å². The van der Waals surface area contributed by atoms with E-state index in [4.69, 9.17) is 4.42 Å². The van der Waals surface area contributed by atoms with Gasteiger partial charge in [-0.1, -0.05) is 12.1 Å². The topological polar surface area (TPSA) is 55.1 Å². The summed E-state index contributed by atoms with van der Waals surface area (Å²) in [7, 11) is 0. The molecule has 0 radical (unpaired) electrons. The SMILES string of the molecule is Fc1ccc(CN2CCCC(c3nnc(-c4ccccn4)o3)C2)cc1F. The van der Waals surface area contributed by atoms with Gasteiger partial charge in [-0.2, -0.15) is 0 Å². The fourth-order valence-electron chi connectivity index (χ4n) is 3.29. The Kier molecular flexibility index (Phi) is 4.71. The monoisotopic (exact) mass is 356 g/mol. The number of likely N-dealkylation sites (tertiary alicyclic amines) is 1. The van der Waals surface area contributed by atoms with Crippen LogP contribution in [-0.4, -0.2) is 33.2 Å². The third kappa shape index (κ3) is 3.62. The Hall–Kier alpha value is -2.67. The van der Waals surface area contributed by atoms with Crippen LogP contribution in [0.5, 0.6) is 0 Å². The second-order valence-electron chi connectivity index (χ2n) is 6.48. The van der Waals surface area contributed by atoms with Crippen LogP contribution < -0.4 is 0 Å². The maximum atomic E-state index is 13.4. The molecule has 0 spiro atoms. The molecule has 1 saturated heterocycles. The van der Waals surface area contributed by atoms with Gasteiger partial charge in [-0.15, -0.1) is 10.2 Å². The zero-order valence-electron chi connectivity index (χ0n) is 14.1. The average molecular weight is 356 g/mol. The first-order chi connectivity index (χ1) is 12.7. The number of nitrogens with zero attached hydrogens (tertiary/aromatic N) is 4. The van der Waals surface area contributed by atoms with Gasteiger partial charge in [-0.3, -0.25) is 9.88 Å². The highest BCUT2D eigenvalue weighted by Gasteiger charge is 2.26. The Balaban J connectivity index is 1.45. The van der Waals surface area contributed by atoms with Gasteiger partial charge < -0.3 is 4.42 Å². The Labute approximate surface area is 149 Å². The van der Waals surface area contributed by atoms with Crippen molar-refractivity contribution in [1.82, 2.24) is 20.1 Å². The molecule has 0 N–H and O–H groups in total. The van der Waals surface area contributed by atoms with Gasteiger partial charge >= 0.3 is 0 Å². The highest BCUT2D eigenvalue weighted by Crippen LogP contribution is 2.28. The maximum absolute atomic E-state index is 13.4. The molecule has 7 heteroatoms. The minimum atomic E-state index is -0.821. The molecule has 2 aromatic heterocycles. The van der Waals surface area contributed by atoms with Crippen molar-refractivity contribution in [3.05, 3.63) is 65.7 Å². The molecule has 3 aromatic rings. The molecule has 1 atom stereocenters. The van der Waals surface area contributed by atoms with Gasteiger partial charge in [0.1, 0.15) is 5.69 Å². The quantitative estimate of drug-likeness (QED) is 0.712. The second-order valence-corrected chi connectivity index (χ2v) is 6.48. The van der Waals surface area contributed by atoms with Crippen molar-refractivity contribution in [2.24, 2.45) is 0 Å². The maximum Gasteiger partial charge on any atom is 0.266 e. The molecule has 4 rings (SSSR count). The molecule has 1 aromatic carbocycles. The molecular weight excluding hydrogens is 338 g/mol. The molecular formula is C19H18F2N4O. The van der Waals surface area contributed by atoms with Crippen LogP contribution in [-0.2, 0) is 6.54 Å². The summed E-state index contributed by atoms with van der Waals surface area (Å²) in [6, 6.07) is 9.57. The zero-order valence-corrected chi connectivity index (χ0v) is 14.1. The number of pyridine rings is 1. The molecule has 26 heavy (non-hydrogen) atoms. The van der Waals surface area contributed by atoms with Gasteiger partial charge in [0.25, 0.3) is 5.89 Å². The first-order valence-corrected chi connectivity index (χ1v) is 8.60. The lowest BCUT2D eigenvalue weighted by Crippen LogP contribution is -2.34. The predicted octanol–water partition coefficient (Wildman–Crippen LogP) is 3.79. The minimum Gasteiger partial charge on any atom is -0.419 e. The molecule has 1 fully saturated rings. The molecule has 134 valence electrons. The normalized spacial score (nSPS) is 18.2. The third-order valence-electron chi connectivity index (χ3n) is 4.57. The number of hydrogen-bond acceptors (Lipinski definition) is 5. The summed E-state index contributed by atoms with van der Waals surface area (Å²) in [6.07, 6.45) is 3.62. The molecule has 0 amide bonds. The lowest BCUT2D eigenvalue weighted by Gasteiger charge is -2.31. The van der Waals surface area contributed by atoms with Crippen molar-refractivity contribution in [1.29, 1.82) is 0 Å². The fraction of sp³-hybridized carbons (Fsp3) is 0.316. The summed E-state index contributed by atoms with van der Waals surface area (Å²) in [6.45, 7) is 2.20. The minimum absolute atomic E-state index is 0.124. The molecule has 5 nitrogen and oxygen atoms in total. The van der Waals surface area contributed by atoms with Crippen LogP contribution in [0.4, 0.5) is 8.78 Å². The van der Waals surface area contributed by atoms with Crippen LogP contribution in [0.1, 0.15) is 30.2 Å². The van der Waals surface area contributed by atoms with Gasteiger partial charge in [-0.05, 0) is 49.2 Å². The number of rotatable bonds is 4. The summed E-state index contributed by atoms with van der Waals surface area (Å²) < 4.78 is 32.3. The Morgan fingerprint density at radius 3 is 2.85 bits per heavy atom. The second kappa shape index (κ2) is 7.29. The van der Waals surface area contributed by atoms with E-state index < -0.39 is 11.6 Å². The van der Waals surface area contributed by atoms with E-state index in [1.807, 2.05) is 18.2 Å². The van der Waals surface area contributed by atoms with Crippen LogP contribution >= 0.6 is 0 Å². The van der Waals surface area contributed by atoms with Gasteiger partial charge in [0.05, 0.1) is 5.92 Å². The molecule has 1 aliphatic heterocycles. The Morgan fingerprint density at radius 2 is 2.04 bits per heavy atom. The van der Waals surface area contributed by atoms with Crippen molar-refractivity contribution in [2.75, 3.05) is 13.1 Å². The van der Waals surface area contributed by atoms with E-state index in [9.17, 15) is 8.78 Å². The summed E-state index contributed by atoms with van der Waals surface area (Å²) in [5.74, 6) is -0.496. The van der Waals surface area contributed by atoms with E-state index in [1.165, 1.54) is 12.1 Å². The lowest BCUT2D eigenvalue weighted by molar-refractivity contribution is 0.186. The molecule has 0 saturated carbocycles. The number of benzene rings is 1. The molecule has 0 bridgehead atoms. The Morgan fingerprint density at radius 1 is 1.12 bits per heavy atom. The molecule has 1 aliphatic rings. The van der Waals surface area contributed by atoms with E-state index in [2.05, 4.69) is 20.1 Å². The summed E-state index contributed by atoms with van der Waals surface area (Å²) >= 11 is 0. The van der Waals surface area contributed by atoms with Crippen molar-refractivity contribution < 1.29 is 13.2 Å². The highest BCUT2D eigenvalue weighted by molar-refractivity contribution is 5.45. The van der Waals surface area contributed by atoms with E-state index >= 15 is 0 Å². The summed E-state index contributed by atoms with van der Waals surface area (Å²) in [5, 5.41) is 8.29. The number of piperidine rings is 1. The largest absolute Gasteiger partial charge is 0.419 e. The lowest BCUT2D eigenvalue weighted by atomic mass is 9.97. The molecule has 1 unspecified atom stereocenters. The fourth-order valence-corrected chi connectivity index (χ4v) is 3.29. The van der Waals surface area contributed by atoms with E-state index in [0.29, 0.717) is 24.0 Å². The smallest absolute Gasteiger partial charge is 0.266 e. The van der Waals surface area contributed by atoms with Crippen LogP contribution in [0.2, 0.25) is 0 Å². The zero-order chi connectivity index (χ0) is 17.9. The van der Waals surface area contributed by atoms with Crippen LogP contribution in [0, 0.1) is 11.6 Å². The van der Waals surface area contributed by atoms with Gasteiger partial charge in [-0.25, -0.2) is 8.78 Å². The number of halogens is 2. The van der Waals surface area contributed by atoms with Crippen LogP contribution in [0.3, 0.4) is 0 Å². The number of aromatic nitrogens is 3. The number of hydrogen-bond donors (Lipinski definition) is 0. The Bertz CT molecular complexity index is 884. The summed E-state index contributed by atoms with van der Waals surface area (Å²) in [5.41, 5.74) is 1.41. The van der Waals surface area contributed by atoms with Crippen molar-refractivity contribution >= 4 is 0 Å². The standard InChI is InChI=1S/C19H18F2N4O/c20-15-7-6-13(10-16(15)21)11-25-9-3-4-14(12-25)18-23-24-19(26-18)17-5-1-2-8-22-17/h1-2,5-8,10,14H,3-4,9,11-12H2.